The minimum absolute atomic E-state index is 0.0353. The number of carboxylic acid groups (broad SMARTS) is 1. The first kappa shape index (κ1) is 46.2. The zero-order valence-electron chi connectivity index (χ0n) is 30.0. The molecule has 2 N–H and O–H groups in total. The molecule has 0 spiro atoms. The van der Waals surface area contributed by atoms with Gasteiger partial charge in [-0.3, -0.25) is 19.3 Å². The molecule has 0 radical (unpaired) electrons. The number of hydrogen-bond donors (Lipinski definition) is 2. The van der Waals surface area contributed by atoms with Gasteiger partial charge in [-0.05, 0) is 61.9 Å². The number of aromatic nitrogens is 2. The summed E-state index contributed by atoms with van der Waals surface area (Å²) in [5.74, 6) is -4.75. The van der Waals surface area contributed by atoms with Gasteiger partial charge in [0.25, 0.3) is 12.4 Å². The second-order valence-corrected chi connectivity index (χ2v) is 14.2. The van der Waals surface area contributed by atoms with Crippen LogP contribution >= 0.6 is 23.2 Å². The molecule has 3 aromatic rings. The quantitative estimate of drug-likeness (QED) is 0.0857. The van der Waals surface area contributed by atoms with Crippen molar-refractivity contribution in [3.8, 4) is 28.6 Å². The number of benzene rings is 2. The summed E-state index contributed by atoms with van der Waals surface area (Å²) in [5.41, 5.74) is -11.4. The topological polar surface area (TPSA) is 173 Å². The van der Waals surface area contributed by atoms with Crippen LogP contribution in [0.5, 0.6) is 5.75 Å². The zero-order chi connectivity index (χ0) is 44.6. The molecule has 2 fully saturated rings. The summed E-state index contributed by atoms with van der Waals surface area (Å²) in [7, 11) is 0. The Morgan fingerprint density at radius 3 is 2.18 bits per heavy atom. The molecule has 25 heteroatoms. The van der Waals surface area contributed by atoms with E-state index in [1.165, 1.54) is 12.1 Å². The number of hydrogen-bond acceptors (Lipinski definition) is 10. The smallest absolute Gasteiger partial charge is 0.481 e. The summed E-state index contributed by atoms with van der Waals surface area (Å²) in [6.45, 7) is -2.79. The molecule has 326 valence electrons. The van der Waals surface area contributed by atoms with Crippen LogP contribution < -0.4 is 4.74 Å². The standard InChI is InChI=1S/C35H28Cl2F10N4O9/c36-21-5-4-17(18-13-49-51(14-18)28-22(37)11-19(12-25(28)60-35(45,46)47)32(38,33(39,40)41)34(42,43)44)10-20(21)29(55)50(31(15-48)8-9-31)16-57-30(56)59-24-3-1-2-23(24)58-27(54)7-6-26(52)53/h4-5,10-14,23-24,30,56H,1-3,6-9,16H2,(H,52,53)/t23-,24+,30?/m1/s1. The van der Waals surface area contributed by atoms with E-state index in [1.54, 1.807) is 0 Å². The predicted molar refractivity (Wildman–Crippen MR) is 182 cm³/mol. The Balaban J connectivity index is 1.40. The third-order valence-corrected chi connectivity index (χ3v) is 9.94. The molecule has 0 aliphatic heterocycles. The third-order valence-electron chi connectivity index (χ3n) is 9.32. The average Bonchev–Trinajstić information content (AvgIpc) is 3.56. The fraction of sp³-hybridized carbons (Fsp3) is 0.457. The number of aliphatic carboxylic acids is 1. The lowest BCUT2D eigenvalue weighted by Gasteiger charge is -2.31. The van der Waals surface area contributed by atoms with Crippen LogP contribution in [0.3, 0.4) is 0 Å². The van der Waals surface area contributed by atoms with E-state index in [2.05, 4.69) is 9.84 Å². The van der Waals surface area contributed by atoms with E-state index in [9.17, 15) is 68.7 Å². The van der Waals surface area contributed by atoms with Crippen molar-refractivity contribution in [2.45, 2.75) is 93.6 Å². The van der Waals surface area contributed by atoms with Crippen molar-refractivity contribution in [3.05, 3.63) is 63.9 Å². The molecule has 2 aliphatic rings. The molecule has 2 aliphatic carbocycles. The Bertz CT molecular complexity index is 2140. The second-order valence-electron chi connectivity index (χ2n) is 13.4. The number of halogens is 12. The lowest BCUT2D eigenvalue weighted by atomic mass is 9.93. The van der Waals surface area contributed by atoms with E-state index >= 15 is 0 Å². The number of alkyl halides is 10. The second kappa shape index (κ2) is 17.2. The number of nitriles is 1. The molecule has 2 aromatic carbocycles. The van der Waals surface area contributed by atoms with Crippen molar-refractivity contribution in [3.63, 3.8) is 0 Å². The average molecular weight is 910 g/mol. The van der Waals surface area contributed by atoms with Crippen LogP contribution in [0.4, 0.5) is 43.9 Å². The monoisotopic (exact) mass is 908 g/mol. The number of carbonyl (C=O) groups is 3. The first-order valence-corrected chi connectivity index (χ1v) is 17.9. The van der Waals surface area contributed by atoms with Crippen LogP contribution in [0.15, 0.2) is 42.7 Å². The maximum atomic E-state index is 14.9. The van der Waals surface area contributed by atoms with Crippen molar-refractivity contribution < 1.29 is 87.4 Å². The molecule has 3 atom stereocenters. The highest BCUT2D eigenvalue weighted by Gasteiger charge is 2.73. The van der Waals surface area contributed by atoms with Gasteiger partial charge in [-0.2, -0.15) is 36.7 Å². The number of ether oxygens (including phenoxy) is 4. The predicted octanol–water partition coefficient (Wildman–Crippen LogP) is 8.13. The third kappa shape index (κ3) is 10.00. The number of rotatable bonds is 15. The highest BCUT2D eigenvalue weighted by atomic mass is 35.5. The van der Waals surface area contributed by atoms with Gasteiger partial charge in [0.15, 0.2) is 5.75 Å². The van der Waals surface area contributed by atoms with Crippen LogP contribution in [0, 0.1) is 11.3 Å². The summed E-state index contributed by atoms with van der Waals surface area (Å²) in [6.07, 6.45) is -18.5. The van der Waals surface area contributed by atoms with Crippen molar-refractivity contribution in [2.24, 2.45) is 0 Å². The molecule has 1 unspecified atom stereocenters. The Morgan fingerprint density at radius 1 is 0.950 bits per heavy atom. The van der Waals surface area contributed by atoms with E-state index in [-0.39, 0.29) is 40.6 Å². The summed E-state index contributed by atoms with van der Waals surface area (Å²) in [6, 6.07) is 4.95. The normalized spacial score (nSPS) is 18.4. The first-order chi connectivity index (χ1) is 27.8. The number of amides is 1. The fourth-order valence-electron chi connectivity index (χ4n) is 6.18. The summed E-state index contributed by atoms with van der Waals surface area (Å²) >= 11 is 12.3. The molecule has 1 heterocycles. The van der Waals surface area contributed by atoms with E-state index < -0.39 is 114 Å². The summed E-state index contributed by atoms with van der Waals surface area (Å²) in [5, 5.41) is 31.6. The highest BCUT2D eigenvalue weighted by Crippen LogP contribution is 2.55. The van der Waals surface area contributed by atoms with E-state index in [4.69, 9.17) is 42.5 Å². The lowest BCUT2D eigenvalue weighted by molar-refractivity contribution is -0.348. The molecule has 13 nitrogen and oxygen atoms in total. The molecule has 5 rings (SSSR count). The molecule has 60 heavy (non-hydrogen) atoms. The minimum Gasteiger partial charge on any atom is -0.481 e. The Labute approximate surface area is 340 Å². The largest absolute Gasteiger partial charge is 0.573 e. The fourth-order valence-corrected chi connectivity index (χ4v) is 6.67. The van der Waals surface area contributed by atoms with Gasteiger partial charge in [-0.1, -0.05) is 29.3 Å². The molecule has 1 amide bonds. The van der Waals surface area contributed by atoms with Crippen LogP contribution in [0.1, 0.15) is 60.9 Å². The van der Waals surface area contributed by atoms with Crippen LogP contribution in [-0.2, 0) is 29.5 Å². The molecular formula is C35H28Cl2F10N4O9. The number of aliphatic hydroxyl groups is 1. The Kier molecular flexibility index (Phi) is 13.3. The van der Waals surface area contributed by atoms with Gasteiger partial charge in [0.1, 0.15) is 30.2 Å². The van der Waals surface area contributed by atoms with Crippen molar-refractivity contribution in [1.82, 2.24) is 14.7 Å². The SMILES string of the molecule is N#CC1(N(COC(O)O[C@H]2CCC[C@H]2OC(=O)CCC(=O)O)C(=O)c2cc(-c3cnn(-c4c(Cl)cc(C(F)(C(F)(F)F)C(F)(F)F)cc4OC(F)(F)F)c3)ccc2Cl)CC1. The molecular weight excluding hydrogens is 881 g/mol. The van der Waals surface area contributed by atoms with Crippen molar-refractivity contribution in [1.29, 1.82) is 5.26 Å². The van der Waals surface area contributed by atoms with Crippen LogP contribution in [-0.4, -0.2) is 92.4 Å². The zero-order valence-corrected chi connectivity index (χ0v) is 31.5. The number of carboxylic acids is 1. The maximum absolute atomic E-state index is 14.9. The number of esters is 1. The minimum atomic E-state index is -6.71. The van der Waals surface area contributed by atoms with Gasteiger partial charge in [0.05, 0.1) is 40.7 Å². The molecule has 2 saturated carbocycles. The van der Waals surface area contributed by atoms with Crippen LogP contribution in [0.2, 0.25) is 10.0 Å². The van der Waals surface area contributed by atoms with Gasteiger partial charge in [0, 0.05) is 17.3 Å². The van der Waals surface area contributed by atoms with E-state index in [0.29, 0.717) is 23.9 Å². The van der Waals surface area contributed by atoms with Gasteiger partial charge in [-0.25, -0.2) is 9.07 Å². The molecule has 0 saturated heterocycles. The molecule has 1 aromatic heterocycles. The number of nitrogens with zero attached hydrogens (tertiary/aromatic N) is 4. The van der Waals surface area contributed by atoms with Crippen molar-refractivity contribution in [2.75, 3.05) is 6.73 Å². The van der Waals surface area contributed by atoms with Crippen molar-refractivity contribution >= 4 is 41.0 Å². The highest BCUT2D eigenvalue weighted by molar-refractivity contribution is 6.34. The van der Waals surface area contributed by atoms with Gasteiger partial charge in [-0.15, -0.1) is 13.2 Å². The van der Waals surface area contributed by atoms with Crippen LogP contribution in [0.25, 0.3) is 16.8 Å². The number of aliphatic hydroxyl groups excluding tert-OH is 1. The maximum Gasteiger partial charge on any atom is 0.573 e. The van der Waals surface area contributed by atoms with Gasteiger partial charge >= 0.3 is 36.3 Å². The Hall–Kier alpha value is -4.89. The van der Waals surface area contributed by atoms with E-state index in [0.717, 1.165) is 23.4 Å². The van der Waals surface area contributed by atoms with E-state index in [1.807, 2.05) is 6.07 Å². The molecule has 0 bridgehead atoms. The van der Waals surface area contributed by atoms with Gasteiger partial charge in [0.2, 0.25) is 0 Å². The first-order valence-electron chi connectivity index (χ1n) is 17.2. The summed E-state index contributed by atoms with van der Waals surface area (Å²) in [4.78, 5) is 37.7. The Morgan fingerprint density at radius 2 is 1.60 bits per heavy atom. The number of carbonyl (C=O) groups excluding carboxylic acids is 2. The van der Waals surface area contributed by atoms with Gasteiger partial charge < -0.3 is 29.2 Å². The lowest BCUT2D eigenvalue weighted by Crippen LogP contribution is -2.50. The summed E-state index contributed by atoms with van der Waals surface area (Å²) < 4.78 is 156.